The van der Waals surface area contributed by atoms with Crippen LogP contribution in [-0.4, -0.2) is 79.7 Å². The zero-order chi connectivity index (χ0) is 32.9. The van der Waals surface area contributed by atoms with Gasteiger partial charge in [-0.3, -0.25) is 14.6 Å². The van der Waals surface area contributed by atoms with E-state index < -0.39 is 17.8 Å². The predicted octanol–water partition coefficient (Wildman–Crippen LogP) is 4.33. The van der Waals surface area contributed by atoms with Crippen molar-refractivity contribution in [2.24, 2.45) is 7.05 Å². The molecule has 0 spiro atoms. The van der Waals surface area contributed by atoms with E-state index in [0.717, 1.165) is 89.7 Å². The van der Waals surface area contributed by atoms with Crippen LogP contribution in [0, 0.1) is 5.82 Å². The third kappa shape index (κ3) is 5.42. The number of nitrogens with one attached hydrogen (secondary N) is 2. The van der Waals surface area contributed by atoms with Crippen LogP contribution in [-0.2, 0) is 31.2 Å². The predicted molar refractivity (Wildman–Crippen MR) is 179 cm³/mol. The third-order valence-corrected chi connectivity index (χ3v) is 10.0. The molecule has 11 nitrogen and oxygen atoms in total. The average Bonchev–Trinajstić information content (AvgIpc) is 3.61. The molecule has 3 aliphatic rings. The summed E-state index contributed by atoms with van der Waals surface area (Å²) in [5, 5.41) is 7.39. The standard InChI is InChI=1S/C36H39FN8O3/c1-21-28-8-7-23-15-31(45(33(23)41-28)11-5-3-4-6-24-17-38-18-27(37)32(24)35(46)40-21)34-42-29-16-26-22(14-30(29)43(34)2)9-12-44(36(26)47)19-25-20-48-13-10-39-25/h7-8,14-18,21,25,39H,3-6,9-13,19-20H2,1-2H3,(H,40,46)/t21-,25+/m1/s1. The minimum absolute atomic E-state index is 0.0408. The van der Waals surface area contributed by atoms with Crippen LogP contribution < -0.4 is 10.6 Å². The molecular weight excluding hydrogens is 611 g/mol. The third-order valence-electron chi connectivity index (χ3n) is 10.0. The van der Waals surface area contributed by atoms with Gasteiger partial charge in [-0.05, 0) is 74.1 Å². The highest BCUT2D eigenvalue weighted by molar-refractivity contribution is 6.01. The number of benzene rings is 1. The first-order valence-corrected chi connectivity index (χ1v) is 16.9. The molecule has 0 radical (unpaired) electrons. The number of nitrogens with zero attached hydrogens (tertiary/aromatic N) is 6. The van der Waals surface area contributed by atoms with E-state index in [1.807, 2.05) is 37.1 Å². The van der Waals surface area contributed by atoms with Crippen molar-refractivity contribution in [3.8, 4) is 11.5 Å². The van der Waals surface area contributed by atoms with Gasteiger partial charge in [0.15, 0.2) is 11.6 Å². The maximum Gasteiger partial charge on any atom is 0.255 e. The summed E-state index contributed by atoms with van der Waals surface area (Å²) in [6.07, 6.45) is 6.59. The van der Waals surface area contributed by atoms with E-state index in [-0.39, 0.29) is 17.5 Å². The van der Waals surface area contributed by atoms with Gasteiger partial charge in [-0.15, -0.1) is 0 Å². The van der Waals surface area contributed by atoms with Gasteiger partial charge in [0.25, 0.3) is 11.8 Å². The fourth-order valence-corrected chi connectivity index (χ4v) is 7.44. The van der Waals surface area contributed by atoms with Crippen LogP contribution >= 0.6 is 0 Å². The SMILES string of the molecule is C[C@H]1NC(=O)c2c(F)cncc2CCCCCn2c(-c3nc4cc5c(cc4n3C)CCN(C[C@H]3COCCN3)C5=O)cc3ccc1nc32. The van der Waals surface area contributed by atoms with E-state index in [4.69, 9.17) is 14.7 Å². The molecule has 2 N–H and O–H groups in total. The monoisotopic (exact) mass is 650 g/mol. The van der Waals surface area contributed by atoms with Gasteiger partial charge in [-0.2, -0.15) is 0 Å². The van der Waals surface area contributed by atoms with Gasteiger partial charge in [-0.25, -0.2) is 14.4 Å². The highest BCUT2D eigenvalue weighted by atomic mass is 19.1. The van der Waals surface area contributed by atoms with Crippen LogP contribution in [0.4, 0.5) is 4.39 Å². The minimum Gasteiger partial charge on any atom is -0.378 e. The van der Waals surface area contributed by atoms with Crippen LogP contribution in [0.25, 0.3) is 33.6 Å². The number of pyridine rings is 2. The lowest BCUT2D eigenvalue weighted by Gasteiger charge is -2.33. The summed E-state index contributed by atoms with van der Waals surface area (Å²) < 4.78 is 24.7. The summed E-state index contributed by atoms with van der Waals surface area (Å²) in [5.74, 6) is -0.226. The largest absolute Gasteiger partial charge is 0.378 e. The fraction of sp³-hybridized carbons (Fsp3) is 0.417. The first-order valence-electron chi connectivity index (χ1n) is 16.9. The summed E-state index contributed by atoms with van der Waals surface area (Å²) in [6.45, 7) is 6.01. The van der Waals surface area contributed by atoms with E-state index in [0.29, 0.717) is 44.0 Å². The number of carbonyl (C=O) groups is 2. The Kier molecular flexibility index (Phi) is 7.92. The van der Waals surface area contributed by atoms with Gasteiger partial charge in [0.05, 0.1) is 53.4 Å². The number of hydrogen-bond donors (Lipinski definition) is 2. The Balaban J connectivity index is 1.15. The maximum atomic E-state index is 14.8. The quantitative estimate of drug-likeness (QED) is 0.299. The highest BCUT2D eigenvalue weighted by Crippen LogP contribution is 2.33. The lowest BCUT2D eigenvalue weighted by Crippen LogP contribution is -2.51. The number of amides is 2. The molecule has 48 heavy (non-hydrogen) atoms. The van der Waals surface area contributed by atoms with E-state index in [1.165, 1.54) is 0 Å². The summed E-state index contributed by atoms with van der Waals surface area (Å²) in [7, 11) is 2.03. The van der Waals surface area contributed by atoms with E-state index in [9.17, 15) is 14.0 Å². The second-order valence-electron chi connectivity index (χ2n) is 13.2. The van der Waals surface area contributed by atoms with Crippen molar-refractivity contribution >= 4 is 33.9 Å². The molecule has 4 aromatic heterocycles. The Labute approximate surface area is 277 Å². The molecule has 12 heteroatoms. The molecule has 3 aliphatic heterocycles. The molecule has 0 aliphatic carbocycles. The summed E-state index contributed by atoms with van der Waals surface area (Å²) >= 11 is 0. The zero-order valence-electron chi connectivity index (χ0n) is 27.3. The average molecular weight is 651 g/mol. The van der Waals surface area contributed by atoms with Gasteiger partial charge in [0.2, 0.25) is 0 Å². The number of ether oxygens (including phenoxy) is 1. The van der Waals surface area contributed by atoms with Crippen molar-refractivity contribution in [2.45, 2.75) is 57.7 Å². The number of imidazole rings is 1. The second kappa shape index (κ2) is 12.4. The summed E-state index contributed by atoms with van der Waals surface area (Å²) in [5.41, 5.74) is 6.66. The highest BCUT2D eigenvalue weighted by Gasteiger charge is 2.29. The smallest absolute Gasteiger partial charge is 0.255 e. The van der Waals surface area contributed by atoms with Gasteiger partial charge in [0, 0.05) is 56.4 Å². The lowest BCUT2D eigenvalue weighted by molar-refractivity contribution is 0.0511. The first kappa shape index (κ1) is 30.6. The number of halogens is 1. The van der Waals surface area contributed by atoms with Crippen LogP contribution in [0.1, 0.15) is 69.8 Å². The first-order chi connectivity index (χ1) is 23.4. The van der Waals surface area contributed by atoms with Crippen molar-refractivity contribution < 1.29 is 18.7 Å². The second-order valence-corrected chi connectivity index (χ2v) is 13.2. The van der Waals surface area contributed by atoms with Gasteiger partial charge in [-0.1, -0.05) is 6.42 Å². The fourth-order valence-electron chi connectivity index (χ4n) is 7.44. The molecule has 248 valence electrons. The normalized spacial score (nSPS) is 20.5. The minimum atomic E-state index is -0.608. The Morgan fingerprint density at radius 1 is 1.02 bits per heavy atom. The molecule has 8 rings (SSSR count). The van der Waals surface area contributed by atoms with Crippen LogP contribution in [0.15, 0.2) is 42.7 Å². The number of aromatic nitrogens is 5. The van der Waals surface area contributed by atoms with Crippen LogP contribution in [0.2, 0.25) is 0 Å². The van der Waals surface area contributed by atoms with E-state index >= 15 is 0 Å². The Morgan fingerprint density at radius 3 is 2.77 bits per heavy atom. The molecule has 2 amide bonds. The molecular formula is C36H39FN8O3. The number of fused-ring (bicyclic) bond motifs is 4. The molecule has 5 aromatic rings. The van der Waals surface area contributed by atoms with Crippen molar-refractivity contribution in [3.05, 3.63) is 76.5 Å². The summed E-state index contributed by atoms with van der Waals surface area (Å²) in [4.78, 5) is 43.0. The molecule has 1 saturated heterocycles. The Hall–Kier alpha value is -4.68. The number of hydrogen-bond acceptors (Lipinski definition) is 7. The number of carbonyl (C=O) groups excluding carboxylic acids is 2. The maximum absolute atomic E-state index is 14.8. The molecule has 2 atom stereocenters. The Morgan fingerprint density at radius 2 is 1.92 bits per heavy atom. The van der Waals surface area contributed by atoms with E-state index in [2.05, 4.69) is 36.9 Å². The topological polar surface area (TPSA) is 119 Å². The number of aryl methyl sites for hydroxylation is 3. The van der Waals surface area contributed by atoms with Crippen molar-refractivity contribution in [1.82, 2.24) is 39.6 Å². The number of rotatable bonds is 3. The van der Waals surface area contributed by atoms with Gasteiger partial charge in [0.1, 0.15) is 5.65 Å². The van der Waals surface area contributed by atoms with Crippen LogP contribution in [0.5, 0.6) is 0 Å². The van der Waals surface area contributed by atoms with Crippen molar-refractivity contribution in [2.75, 3.05) is 32.8 Å². The van der Waals surface area contributed by atoms with Gasteiger partial charge >= 0.3 is 0 Å². The van der Waals surface area contributed by atoms with E-state index in [1.54, 1.807) is 6.20 Å². The van der Waals surface area contributed by atoms with Crippen molar-refractivity contribution in [1.29, 1.82) is 0 Å². The zero-order valence-corrected chi connectivity index (χ0v) is 27.3. The van der Waals surface area contributed by atoms with Gasteiger partial charge < -0.3 is 29.4 Å². The Bertz CT molecular complexity index is 2060. The molecule has 2 bridgehead atoms. The molecule has 1 aromatic carbocycles. The van der Waals surface area contributed by atoms with Crippen LogP contribution in [0.3, 0.4) is 0 Å². The lowest BCUT2D eigenvalue weighted by atomic mass is 9.97. The van der Waals surface area contributed by atoms with Crippen molar-refractivity contribution in [3.63, 3.8) is 0 Å². The molecule has 0 saturated carbocycles. The summed E-state index contributed by atoms with van der Waals surface area (Å²) in [6, 6.07) is 9.83. The molecule has 1 fully saturated rings. The molecule has 0 unspecified atom stereocenters. The number of morpholine rings is 1. The molecule has 7 heterocycles.